The van der Waals surface area contributed by atoms with Gasteiger partial charge in [0.15, 0.2) is 0 Å². The predicted molar refractivity (Wildman–Crippen MR) is 65.5 cm³/mol. The van der Waals surface area contributed by atoms with E-state index in [1.54, 1.807) is 6.92 Å². The van der Waals surface area contributed by atoms with Crippen LogP contribution in [0.2, 0.25) is 0 Å². The maximum atomic E-state index is 12.4. The minimum absolute atomic E-state index is 0.131. The van der Waals surface area contributed by atoms with Crippen molar-refractivity contribution in [3.63, 3.8) is 0 Å². The van der Waals surface area contributed by atoms with Gasteiger partial charge in [0.05, 0.1) is 13.2 Å². The van der Waals surface area contributed by atoms with Gasteiger partial charge in [0.2, 0.25) is 10.0 Å². The molecule has 8 heteroatoms. The minimum Gasteiger partial charge on any atom is -0.477 e. The molecule has 0 spiro atoms. The summed E-state index contributed by atoms with van der Waals surface area (Å²) in [5.41, 5.74) is 0. The molecule has 1 aliphatic rings. The lowest BCUT2D eigenvalue weighted by Gasteiger charge is -2.32. The standard InChI is InChI=1S/C10H13NO5S2/c1-7-6-16-4-3-11(7)18(14,15)8-2-5-17-9(8)10(12)13/h2,5,7H,3-4,6H2,1H3,(H,12,13). The summed E-state index contributed by atoms with van der Waals surface area (Å²) in [6.07, 6.45) is 0. The summed E-state index contributed by atoms with van der Waals surface area (Å²) in [7, 11) is -3.76. The summed E-state index contributed by atoms with van der Waals surface area (Å²) in [6.45, 7) is 2.64. The maximum Gasteiger partial charge on any atom is 0.347 e. The molecule has 18 heavy (non-hydrogen) atoms. The summed E-state index contributed by atoms with van der Waals surface area (Å²) < 4.78 is 31.3. The van der Waals surface area contributed by atoms with Gasteiger partial charge in [-0.25, -0.2) is 13.2 Å². The van der Waals surface area contributed by atoms with Crippen molar-refractivity contribution in [1.29, 1.82) is 0 Å². The zero-order valence-corrected chi connectivity index (χ0v) is 11.3. The molecule has 100 valence electrons. The van der Waals surface area contributed by atoms with E-state index in [0.717, 1.165) is 11.3 Å². The molecule has 1 aliphatic heterocycles. The quantitative estimate of drug-likeness (QED) is 0.892. The van der Waals surface area contributed by atoms with Crippen LogP contribution >= 0.6 is 11.3 Å². The molecule has 1 aromatic rings. The van der Waals surface area contributed by atoms with Crippen LogP contribution in [0.5, 0.6) is 0 Å². The van der Waals surface area contributed by atoms with Gasteiger partial charge in [-0.1, -0.05) is 0 Å². The van der Waals surface area contributed by atoms with E-state index in [2.05, 4.69) is 0 Å². The predicted octanol–water partition coefficient (Wildman–Crippen LogP) is 0.856. The second-order valence-electron chi connectivity index (χ2n) is 3.96. The van der Waals surface area contributed by atoms with Crippen LogP contribution in [-0.2, 0) is 14.8 Å². The monoisotopic (exact) mass is 291 g/mol. The third-order valence-electron chi connectivity index (χ3n) is 2.72. The molecule has 1 unspecified atom stereocenters. The largest absolute Gasteiger partial charge is 0.477 e. The second kappa shape index (κ2) is 4.96. The molecule has 0 amide bonds. The van der Waals surface area contributed by atoms with Gasteiger partial charge in [0.25, 0.3) is 0 Å². The molecule has 1 N–H and O–H groups in total. The molecule has 0 bridgehead atoms. The number of rotatable bonds is 3. The van der Waals surface area contributed by atoms with Gasteiger partial charge in [0, 0.05) is 12.6 Å². The fourth-order valence-electron chi connectivity index (χ4n) is 1.85. The van der Waals surface area contributed by atoms with Crippen LogP contribution in [0.3, 0.4) is 0 Å². The second-order valence-corrected chi connectivity index (χ2v) is 6.73. The first-order valence-electron chi connectivity index (χ1n) is 5.35. The molecule has 0 saturated carbocycles. The zero-order chi connectivity index (χ0) is 13.3. The first-order valence-corrected chi connectivity index (χ1v) is 7.67. The third kappa shape index (κ3) is 2.28. The highest BCUT2D eigenvalue weighted by atomic mass is 32.2. The molecule has 0 aromatic carbocycles. The van der Waals surface area contributed by atoms with E-state index >= 15 is 0 Å². The molecular formula is C10H13NO5S2. The third-order valence-corrected chi connectivity index (χ3v) is 5.80. The van der Waals surface area contributed by atoms with Crippen LogP contribution < -0.4 is 0 Å². The van der Waals surface area contributed by atoms with E-state index in [0.29, 0.717) is 13.2 Å². The lowest BCUT2D eigenvalue weighted by molar-refractivity contribution is 0.0392. The Morgan fingerprint density at radius 2 is 2.33 bits per heavy atom. The molecule has 2 heterocycles. The molecular weight excluding hydrogens is 278 g/mol. The van der Waals surface area contributed by atoms with E-state index in [-0.39, 0.29) is 22.4 Å². The lowest BCUT2D eigenvalue weighted by atomic mass is 10.3. The topological polar surface area (TPSA) is 83.9 Å². The maximum absolute atomic E-state index is 12.4. The van der Waals surface area contributed by atoms with E-state index < -0.39 is 16.0 Å². The summed E-state index contributed by atoms with van der Waals surface area (Å²) in [4.78, 5) is 10.7. The van der Waals surface area contributed by atoms with Crippen molar-refractivity contribution in [1.82, 2.24) is 4.31 Å². The number of morpholine rings is 1. The normalized spacial score (nSPS) is 21.9. The van der Waals surface area contributed by atoms with Crippen molar-refractivity contribution in [2.45, 2.75) is 17.9 Å². The minimum atomic E-state index is -3.76. The van der Waals surface area contributed by atoms with Crippen molar-refractivity contribution in [2.75, 3.05) is 19.8 Å². The number of sulfonamides is 1. The van der Waals surface area contributed by atoms with Gasteiger partial charge in [-0.3, -0.25) is 0 Å². The molecule has 1 saturated heterocycles. The van der Waals surface area contributed by atoms with Crippen molar-refractivity contribution in [3.8, 4) is 0 Å². The Hall–Kier alpha value is -0.960. The number of carbonyl (C=O) groups is 1. The molecule has 1 fully saturated rings. The number of hydrogen-bond acceptors (Lipinski definition) is 5. The first kappa shape index (κ1) is 13.5. The van der Waals surface area contributed by atoms with E-state index in [1.165, 1.54) is 15.8 Å². The Balaban J connectivity index is 2.41. The SMILES string of the molecule is CC1COCCN1S(=O)(=O)c1ccsc1C(=O)O. The highest BCUT2D eigenvalue weighted by Gasteiger charge is 2.34. The Bertz CT molecular complexity index is 550. The molecule has 6 nitrogen and oxygen atoms in total. The summed E-state index contributed by atoms with van der Waals surface area (Å²) >= 11 is 0.913. The zero-order valence-electron chi connectivity index (χ0n) is 9.70. The van der Waals surface area contributed by atoms with Crippen molar-refractivity contribution >= 4 is 27.3 Å². The van der Waals surface area contributed by atoms with Gasteiger partial charge < -0.3 is 9.84 Å². The van der Waals surface area contributed by atoms with Gasteiger partial charge in [-0.15, -0.1) is 11.3 Å². The number of aromatic carboxylic acids is 1. The van der Waals surface area contributed by atoms with Gasteiger partial charge in [-0.05, 0) is 18.4 Å². The van der Waals surface area contributed by atoms with Crippen molar-refractivity contribution in [2.24, 2.45) is 0 Å². The average Bonchev–Trinajstić information content (AvgIpc) is 2.78. The number of carboxylic acid groups (broad SMARTS) is 1. The van der Waals surface area contributed by atoms with Gasteiger partial charge in [0.1, 0.15) is 9.77 Å². The van der Waals surface area contributed by atoms with Crippen molar-refractivity contribution < 1.29 is 23.1 Å². The van der Waals surface area contributed by atoms with Gasteiger partial charge in [-0.2, -0.15) is 4.31 Å². The smallest absolute Gasteiger partial charge is 0.347 e. The van der Waals surface area contributed by atoms with Gasteiger partial charge >= 0.3 is 5.97 Å². The lowest BCUT2D eigenvalue weighted by Crippen LogP contribution is -2.47. The molecule has 0 aliphatic carbocycles. The molecule has 1 atom stereocenters. The summed E-state index contributed by atoms with van der Waals surface area (Å²) in [6, 6.07) is 1.05. The van der Waals surface area contributed by atoms with Crippen LogP contribution in [0.15, 0.2) is 16.3 Å². The number of carboxylic acids is 1. The highest BCUT2D eigenvalue weighted by molar-refractivity contribution is 7.89. The van der Waals surface area contributed by atoms with Crippen LogP contribution in [0.1, 0.15) is 16.6 Å². The number of hydrogen-bond donors (Lipinski definition) is 1. The summed E-state index contributed by atoms with van der Waals surface area (Å²) in [5.74, 6) is -1.22. The van der Waals surface area contributed by atoms with Crippen LogP contribution in [0.4, 0.5) is 0 Å². The number of ether oxygens (including phenoxy) is 1. The van der Waals surface area contributed by atoms with Crippen molar-refractivity contribution in [3.05, 3.63) is 16.3 Å². The van der Waals surface area contributed by atoms with E-state index in [1.807, 2.05) is 0 Å². The van der Waals surface area contributed by atoms with Crippen LogP contribution in [-0.4, -0.2) is 49.6 Å². The van der Waals surface area contributed by atoms with Crippen LogP contribution in [0, 0.1) is 0 Å². The Morgan fingerprint density at radius 1 is 1.61 bits per heavy atom. The van der Waals surface area contributed by atoms with Crippen LogP contribution in [0.25, 0.3) is 0 Å². The molecule has 2 rings (SSSR count). The number of nitrogens with zero attached hydrogens (tertiary/aromatic N) is 1. The first-order chi connectivity index (χ1) is 8.44. The Labute approximate surface area is 109 Å². The average molecular weight is 291 g/mol. The molecule has 0 radical (unpaired) electrons. The fraction of sp³-hybridized carbons (Fsp3) is 0.500. The summed E-state index contributed by atoms with van der Waals surface area (Å²) in [5, 5.41) is 10.5. The Kier molecular flexibility index (Phi) is 3.71. The number of thiophene rings is 1. The van der Waals surface area contributed by atoms with E-state index in [9.17, 15) is 13.2 Å². The van der Waals surface area contributed by atoms with E-state index in [4.69, 9.17) is 9.84 Å². The molecule has 1 aromatic heterocycles. The Morgan fingerprint density at radius 3 is 2.94 bits per heavy atom. The fourth-order valence-corrected chi connectivity index (χ4v) is 4.69. The highest BCUT2D eigenvalue weighted by Crippen LogP contribution is 2.27.